The van der Waals surface area contributed by atoms with Crippen LogP contribution in [0.5, 0.6) is 0 Å². The maximum Gasteiger partial charge on any atom is 0.240 e. The SMILES string of the molecule is CCCNS(=O)(=O)c1ccc(NCCCN(C)C)cc1. The molecule has 0 saturated carbocycles. The molecule has 0 saturated heterocycles. The van der Waals surface area contributed by atoms with Gasteiger partial charge in [0.05, 0.1) is 4.90 Å². The summed E-state index contributed by atoms with van der Waals surface area (Å²) in [5, 5.41) is 3.28. The van der Waals surface area contributed by atoms with Crippen LogP contribution in [0.15, 0.2) is 29.2 Å². The van der Waals surface area contributed by atoms with Crippen LogP contribution in [-0.4, -0.2) is 47.0 Å². The van der Waals surface area contributed by atoms with Crippen molar-refractivity contribution in [1.82, 2.24) is 9.62 Å². The van der Waals surface area contributed by atoms with Gasteiger partial charge in [-0.15, -0.1) is 0 Å². The zero-order chi connectivity index (χ0) is 15.0. The van der Waals surface area contributed by atoms with Gasteiger partial charge in [-0.2, -0.15) is 0 Å². The first-order chi connectivity index (χ1) is 9.45. The Hall–Kier alpha value is -1.11. The fraction of sp³-hybridized carbons (Fsp3) is 0.571. The Labute approximate surface area is 122 Å². The lowest BCUT2D eigenvalue weighted by Crippen LogP contribution is -2.24. The second-order valence-corrected chi connectivity index (χ2v) is 6.77. The van der Waals surface area contributed by atoms with E-state index in [-0.39, 0.29) is 0 Å². The number of hydrogen-bond acceptors (Lipinski definition) is 4. The van der Waals surface area contributed by atoms with Crippen molar-refractivity contribution in [2.45, 2.75) is 24.7 Å². The maximum atomic E-state index is 11.9. The van der Waals surface area contributed by atoms with E-state index < -0.39 is 10.0 Å². The molecule has 0 fully saturated rings. The molecule has 0 bridgehead atoms. The Kier molecular flexibility index (Phi) is 6.98. The highest BCUT2D eigenvalue weighted by Crippen LogP contribution is 2.13. The fourth-order valence-electron chi connectivity index (χ4n) is 1.70. The van der Waals surface area contributed by atoms with Crippen molar-refractivity contribution >= 4 is 15.7 Å². The maximum absolute atomic E-state index is 11.9. The van der Waals surface area contributed by atoms with Crippen molar-refractivity contribution in [3.8, 4) is 0 Å². The predicted molar refractivity (Wildman–Crippen MR) is 83.6 cm³/mol. The molecule has 0 spiro atoms. The Morgan fingerprint density at radius 2 is 1.75 bits per heavy atom. The Balaban J connectivity index is 2.52. The fourth-order valence-corrected chi connectivity index (χ4v) is 2.83. The van der Waals surface area contributed by atoms with Gasteiger partial charge in [-0.25, -0.2) is 13.1 Å². The average molecular weight is 299 g/mol. The van der Waals surface area contributed by atoms with Gasteiger partial charge in [0.1, 0.15) is 0 Å². The molecule has 0 radical (unpaired) electrons. The molecule has 0 amide bonds. The van der Waals surface area contributed by atoms with Crippen LogP contribution in [0.3, 0.4) is 0 Å². The van der Waals surface area contributed by atoms with E-state index in [1.165, 1.54) is 0 Å². The molecule has 0 atom stereocenters. The summed E-state index contributed by atoms with van der Waals surface area (Å²) in [5.41, 5.74) is 0.943. The van der Waals surface area contributed by atoms with Gasteiger partial charge in [0.2, 0.25) is 10.0 Å². The minimum Gasteiger partial charge on any atom is -0.385 e. The third kappa shape index (κ3) is 5.90. The lowest BCUT2D eigenvalue weighted by atomic mass is 10.3. The Morgan fingerprint density at radius 1 is 1.10 bits per heavy atom. The second-order valence-electron chi connectivity index (χ2n) is 5.01. The van der Waals surface area contributed by atoms with Crippen LogP contribution in [0.25, 0.3) is 0 Å². The summed E-state index contributed by atoms with van der Waals surface area (Å²) < 4.78 is 26.4. The van der Waals surface area contributed by atoms with Crippen LogP contribution in [0.1, 0.15) is 19.8 Å². The highest BCUT2D eigenvalue weighted by Gasteiger charge is 2.12. The molecule has 0 unspecified atom stereocenters. The van der Waals surface area contributed by atoms with Crippen LogP contribution in [0.2, 0.25) is 0 Å². The number of benzene rings is 1. The zero-order valence-corrected chi connectivity index (χ0v) is 13.3. The Morgan fingerprint density at radius 3 is 2.30 bits per heavy atom. The first-order valence-corrected chi connectivity index (χ1v) is 8.42. The lowest BCUT2D eigenvalue weighted by molar-refractivity contribution is 0.405. The van der Waals surface area contributed by atoms with Gasteiger partial charge in [0.25, 0.3) is 0 Å². The summed E-state index contributed by atoms with van der Waals surface area (Å²) in [6.07, 6.45) is 1.83. The highest BCUT2D eigenvalue weighted by molar-refractivity contribution is 7.89. The van der Waals surface area contributed by atoms with Crippen molar-refractivity contribution in [3.63, 3.8) is 0 Å². The van der Waals surface area contributed by atoms with E-state index in [1.54, 1.807) is 24.3 Å². The van der Waals surface area contributed by atoms with Gasteiger partial charge in [-0.1, -0.05) is 6.92 Å². The van der Waals surface area contributed by atoms with Gasteiger partial charge in [0.15, 0.2) is 0 Å². The van der Waals surface area contributed by atoms with Crippen molar-refractivity contribution in [2.75, 3.05) is 39.0 Å². The lowest BCUT2D eigenvalue weighted by Gasteiger charge is -2.11. The van der Waals surface area contributed by atoms with Crippen LogP contribution >= 0.6 is 0 Å². The highest BCUT2D eigenvalue weighted by atomic mass is 32.2. The molecule has 0 aliphatic carbocycles. The van der Waals surface area contributed by atoms with Gasteiger partial charge in [-0.3, -0.25) is 0 Å². The number of hydrogen-bond donors (Lipinski definition) is 2. The van der Waals surface area contributed by atoms with E-state index in [1.807, 2.05) is 21.0 Å². The number of nitrogens with zero attached hydrogens (tertiary/aromatic N) is 1. The quantitative estimate of drug-likeness (QED) is 0.682. The molecule has 2 N–H and O–H groups in total. The first kappa shape index (κ1) is 16.9. The molecule has 1 aromatic rings. The number of anilines is 1. The van der Waals surface area contributed by atoms with Crippen LogP contribution < -0.4 is 10.0 Å². The molecular formula is C14H25N3O2S. The predicted octanol–water partition coefficient (Wildman–Crippen LogP) is 1.74. The standard InChI is InChI=1S/C14H25N3O2S/c1-4-10-16-20(18,19)14-8-6-13(7-9-14)15-11-5-12-17(2)3/h6-9,15-16H,4-5,10-12H2,1-3H3. The molecule has 20 heavy (non-hydrogen) atoms. The van der Waals surface area contributed by atoms with Gasteiger partial charge in [0, 0.05) is 18.8 Å². The van der Waals surface area contributed by atoms with Gasteiger partial charge >= 0.3 is 0 Å². The smallest absolute Gasteiger partial charge is 0.240 e. The average Bonchev–Trinajstić information content (AvgIpc) is 2.42. The molecular weight excluding hydrogens is 274 g/mol. The van der Waals surface area contributed by atoms with Gasteiger partial charge in [-0.05, 0) is 57.7 Å². The minimum atomic E-state index is -3.36. The zero-order valence-electron chi connectivity index (χ0n) is 12.5. The molecule has 114 valence electrons. The third-order valence-corrected chi connectivity index (χ3v) is 4.29. The largest absolute Gasteiger partial charge is 0.385 e. The summed E-state index contributed by atoms with van der Waals surface area (Å²) in [4.78, 5) is 2.45. The monoisotopic (exact) mass is 299 g/mol. The topological polar surface area (TPSA) is 61.4 Å². The van der Waals surface area contributed by atoms with E-state index in [4.69, 9.17) is 0 Å². The van der Waals surface area contributed by atoms with E-state index >= 15 is 0 Å². The van der Waals surface area contributed by atoms with E-state index in [0.717, 1.165) is 31.6 Å². The second kappa shape index (κ2) is 8.24. The molecule has 0 aliphatic heterocycles. The molecule has 6 heteroatoms. The third-order valence-electron chi connectivity index (χ3n) is 2.82. The van der Waals surface area contributed by atoms with Crippen molar-refractivity contribution in [1.29, 1.82) is 0 Å². The molecule has 0 aromatic heterocycles. The van der Waals surface area contributed by atoms with Crippen LogP contribution in [-0.2, 0) is 10.0 Å². The number of sulfonamides is 1. The molecule has 1 rings (SSSR count). The van der Waals surface area contributed by atoms with Crippen molar-refractivity contribution in [2.24, 2.45) is 0 Å². The summed E-state index contributed by atoms with van der Waals surface area (Å²) in [7, 11) is 0.729. The number of nitrogens with one attached hydrogen (secondary N) is 2. The van der Waals surface area contributed by atoms with Crippen molar-refractivity contribution in [3.05, 3.63) is 24.3 Å². The van der Waals surface area contributed by atoms with Gasteiger partial charge < -0.3 is 10.2 Å². The minimum absolute atomic E-state index is 0.310. The summed E-state index contributed by atoms with van der Waals surface area (Å²) in [6.45, 7) is 4.30. The number of rotatable bonds is 9. The Bertz CT molecular complexity index is 484. The normalized spacial score (nSPS) is 11.8. The van der Waals surface area contributed by atoms with E-state index in [0.29, 0.717) is 11.4 Å². The summed E-state index contributed by atoms with van der Waals surface area (Å²) in [6, 6.07) is 6.87. The van der Waals surface area contributed by atoms with E-state index in [2.05, 4.69) is 14.9 Å². The van der Waals surface area contributed by atoms with Crippen LogP contribution in [0, 0.1) is 0 Å². The summed E-state index contributed by atoms with van der Waals surface area (Å²) >= 11 is 0. The molecule has 5 nitrogen and oxygen atoms in total. The molecule has 0 aliphatic rings. The van der Waals surface area contributed by atoms with Crippen molar-refractivity contribution < 1.29 is 8.42 Å². The van der Waals surface area contributed by atoms with Crippen LogP contribution in [0.4, 0.5) is 5.69 Å². The summed E-state index contributed by atoms with van der Waals surface area (Å²) in [5.74, 6) is 0. The van der Waals surface area contributed by atoms with E-state index in [9.17, 15) is 8.42 Å². The first-order valence-electron chi connectivity index (χ1n) is 6.94. The molecule has 0 heterocycles. The molecule has 1 aromatic carbocycles.